The fourth-order valence-electron chi connectivity index (χ4n) is 4.62. The molecule has 0 radical (unpaired) electrons. The van der Waals surface area contributed by atoms with Crippen molar-refractivity contribution in [3.8, 4) is 0 Å². The smallest absolute Gasteiger partial charge is 0.255 e. The normalized spacial score (nSPS) is 19.7. The van der Waals surface area contributed by atoms with Gasteiger partial charge in [-0.3, -0.25) is 9.10 Å². The molecule has 1 N–H and O–H groups in total. The molecule has 10 heteroatoms. The Kier molecular flexibility index (Phi) is 6.52. The van der Waals surface area contributed by atoms with E-state index in [1.807, 2.05) is 6.92 Å². The number of nitrogens with zero attached hydrogens (tertiary/aromatic N) is 2. The van der Waals surface area contributed by atoms with Gasteiger partial charge in [-0.2, -0.15) is 4.31 Å². The molecule has 178 valence electrons. The number of hydrogen-bond donors (Lipinski definition) is 1. The summed E-state index contributed by atoms with van der Waals surface area (Å²) in [6, 6.07) is 11.0. The molecule has 0 bridgehead atoms. The summed E-state index contributed by atoms with van der Waals surface area (Å²) < 4.78 is 53.3. The maximum Gasteiger partial charge on any atom is 0.255 e. The first kappa shape index (κ1) is 23.7. The molecule has 1 amide bonds. The summed E-state index contributed by atoms with van der Waals surface area (Å²) in [5.74, 6) is -0.382. The molecule has 2 aliphatic rings. The number of sulfonamides is 2. The van der Waals surface area contributed by atoms with Crippen molar-refractivity contribution >= 4 is 37.3 Å². The Balaban J connectivity index is 1.54. The summed E-state index contributed by atoms with van der Waals surface area (Å²) in [4.78, 5) is 13.0. The lowest BCUT2D eigenvalue weighted by atomic mass is 10.1. The van der Waals surface area contributed by atoms with E-state index in [0.717, 1.165) is 31.2 Å². The highest BCUT2D eigenvalue weighted by Gasteiger charge is 2.33. The van der Waals surface area contributed by atoms with Crippen LogP contribution >= 0.6 is 0 Å². The van der Waals surface area contributed by atoms with Crippen molar-refractivity contribution in [1.82, 2.24) is 4.31 Å². The van der Waals surface area contributed by atoms with Crippen LogP contribution in [0.25, 0.3) is 0 Å². The molecule has 2 aromatic carbocycles. The monoisotopic (exact) mass is 491 g/mol. The Bertz CT molecular complexity index is 1270. The number of nitrogens with one attached hydrogen (secondary N) is 1. The first-order valence-electron chi connectivity index (χ1n) is 11.1. The molecule has 2 heterocycles. The van der Waals surface area contributed by atoms with Crippen LogP contribution in [0.2, 0.25) is 0 Å². The van der Waals surface area contributed by atoms with E-state index in [-0.39, 0.29) is 16.8 Å². The van der Waals surface area contributed by atoms with Crippen LogP contribution in [0.5, 0.6) is 0 Å². The number of fused-ring (bicyclic) bond motifs is 1. The minimum absolute atomic E-state index is 0.161. The van der Waals surface area contributed by atoms with Crippen LogP contribution in [0.1, 0.15) is 48.5 Å². The molecule has 0 aliphatic carbocycles. The van der Waals surface area contributed by atoms with E-state index in [2.05, 4.69) is 5.32 Å². The lowest BCUT2D eigenvalue weighted by Gasteiger charge is -2.22. The van der Waals surface area contributed by atoms with Gasteiger partial charge in [0.2, 0.25) is 20.0 Å². The molecule has 0 aromatic heterocycles. The number of anilines is 2. The maximum absolute atomic E-state index is 13.1. The lowest BCUT2D eigenvalue weighted by Crippen LogP contribution is -2.34. The van der Waals surface area contributed by atoms with Crippen LogP contribution in [0.4, 0.5) is 11.4 Å². The molecule has 0 unspecified atom stereocenters. The summed E-state index contributed by atoms with van der Waals surface area (Å²) >= 11 is 0. The first-order chi connectivity index (χ1) is 15.6. The van der Waals surface area contributed by atoms with Gasteiger partial charge in [0.25, 0.3) is 5.91 Å². The van der Waals surface area contributed by atoms with Crippen LogP contribution in [-0.4, -0.2) is 52.4 Å². The van der Waals surface area contributed by atoms with Gasteiger partial charge in [0.15, 0.2) is 0 Å². The molecular weight excluding hydrogens is 462 g/mol. The van der Waals surface area contributed by atoms with E-state index >= 15 is 0 Å². The van der Waals surface area contributed by atoms with E-state index in [1.54, 1.807) is 36.4 Å². The number of carbonyl (C=O) groups excluding carboxylic acids is 1. The Morgan fingerprint density at radius 2 is 1.67 bits per heavy atom. The maximum atomic E-state index is 13.1. The van der Waals surface area contributed by atoms with Crippen LogP contribution in [0.15, 0.2) is 47.4 Å². The minimum atomic E-state index is -3.62. The molecule has 8 nitrogen and oxygen atoms in total. The highest BCUT2D eigenvalue weighted by Crippen LogP contribution is 2.35. The van der Waals surface area contributed by atoms with Crippen molar-refractivity contribution in [2.75, 3.05) is 29.0 Å². The number of amides is 1. The van der Waals surface area contributed by atoms with Crippen molar-refractivity contribution < 1.29 is 21.6 Å². The minimum Gasteiger partial charge on any atom is -0.322 e. The number of carbonyl (C=O) groups is 1. The molecule has 1 saturated heterocycles. The second-order valence-corrected chi connectivity index (χ2v) is 12.6. The summed E-state index contributed by atoms with van der Waals surface area (Å²) in [6.07, 6.45) is 5.46. The van der Waals surface area contributed by atoms with Crippen LogP contribution < -0.4 is 9.62 Å². The van der Waals surface area contributed by atoms with Gasteiger partial charge in [-0.05, 0) is 68.1 Å². The summed E-state index contributed by atoms with van der Waals surface area (Å²) in [6.45, 7) is 2.85. The Labute approximate surface area is 195 Å². The van der Waals surface area contributed by atoms with E-state index in [1.165, 1.54) is 20.9 Å². The van der Waals surface area contributed by atoms with Crippen LogP contribution in [0, 0.1) is 0 Å². The average Bonchev–Trinajstić information content (AvgIpc) is 2.90. The first-order valence-corrected chi connectivity index (χ1v) is 14.4. The van der Waals surface area contributed by atoms with Crippen LogP contribution in [-0.2, 0) is 26.5 Å². The van der Waals surface area contributed by atoms with Crippen LogP contribution in [0.3, 0.4) is 0 Å². The standard InChI is InChI=1S/C23H29N3O5S2/c1-17-14-19-15-18(10-11-22(19)26(17)32(2,28)29)23(27)24-20-8-7-9-21(16-20)33(30,31)25-12-5-3-4-6-13-25/h7-11,15-17H,3-6,12-14H2,1-2H3,(H,24,27)/t17-/m0/s1. The van der Waals surface area contributed by atoms with Crippen molar-refractivity contribution in [3.05, 3.63) is 53.6 Å². The summed E-state index contributed by atoms with van der Waals surface area (Å²) in [7, 11) is -7.03. The Hall–Kier alpha value is -2.43. The molecular formula is C23H29N3O5S2. The largest absolute Gasteiger partial charge is 0.322 e. The van der Waals surface area contributed by atoms with E-state index < -0.39 is 20.0 Å². The second-order valence-electron chi connectivity index (χ2n) is 8.76. The molecule has 2 aliphatic heterocycles. The number of rotatable bonds is 5. The van der Waals surface area contributed by atoms with Gasteiger partial charge < -0.3 is 5.32 Å². The van der Waals surface area contributed by atoms with Gasteiger partial charge in [-0.25, -0.2) is 16.8 Å². The lowest BCUT2D eigenvalue weighted by molar-refractivity contribution is 0.102. The number of benzene rings is 2. The van der Waals surface area contributed by atoms with Crippen molar-refractivity contribution in [2.45, 2.75) is 50.0 Å². The van der Waals surface area contributed by atoms with Crippen molar-refractivity contribution in [1.29, 1.82) is 0 Å². The average molecular weight is 492 g/mol. The topological polar surface area (TPSA) is 104 Å². The molecule has 4 rings (SSSR count). The molecule has 33 heavy (non-hydrogen) atoms. The fourth-order valence-corrected chi connectivity index (χ4v) is 7.45. The molecule has 2 aromatic rings. The highest BCUT2D eigenvalue weighted by atomic mass is 32.2. The Morgan fingerprint density at radius 3 is 2.33 bits per heavy atom. The van der Waals surface area contributed by atoms with Gasteiger partial charge in [0.05, 0.1) is 16.8 Å². The molecule has 0 spiro atoms. The summed E-state index contributed by atoms with van der Waals surface area (Å²) in [5, 5.41) is 2.78. The predicted molar refractivity (Wildman–Crippen MR) is 129 cm³/mol. The van der Waals surface area contributed by atoms with E-state index in [4.69, 9.17) is 0 Å². The SMILES string of the molecule is C[C@H]1Cc2cc(C(=O)Nc3cccc(S(=O)(=O)N4CCCCCC4)c3)ccc2N1S(C)(=O)=O. The molecule has 0 saturated carbocycles. The van der Waals surface area contributed by atoms with Crippen molar-refractivity contribution in [2.24, 2.45) is 0 Å². The zero-order chi connectivity index (χ0) is 23.8. The second kappa shape index (κ2) is 9.08. The van der Waals surface area contributed by atoms with Gasteiger partial charge in [0, 0.05) is 30.4 Å². The number of hydrogen-bond acceptors (Lipinski definition) is 5. The van der Waals surface area contributed by atoms with E-state index in [9.17, 15) is 21.6 Å². The van der Waals surface area contributed by atoms with Gasteiger partial charge in [-0.1, -0.05) is 18.9 Å². The Morgan fingerprint density at radius 1 is 0.970 bits per heavy atom. The third-order valence-electron chi connectivity index (χ3n) is 6.15. The van der Waals surface area contributed by atoms with Gasteiger partial charge >= 0.3 is 0 Å². The van der Waals surface area contributed by atoms with Gasteiger partial charge in [0.1, 0.15) is 0 Å². The molecule has 1 atom stereocenters. The highest BCUT2D eigenvalue weighted by molar-refractivity contribution is 7.92. The third kappa shape index (κ3) is 4.92. The summed E-state index contributed by atoms with van der Waals surface area (Å²) in [5.41, 5.74) is 2.16. The van der Waals surface area contributed by atoms with E-state index in [0.29, 0.717) is 36.4 Å². The zero-order valence-corrected chi connectivity index (χ0v) is 20.5. The fraction of sp³-hybridized carbons (Fsp3) is 0.435. The van der Waals surface area contributed by atoms with Crippen molar-refractivity contribution in [3.63, 3.8) is 0 Å². The quantitative estimate of drug-likeness (QED) is 0.692. The zero-order valence-electron chi connectivity index (χ0n) is 18.8. The molecule has 1 fully saturated rings. The van der Waals surface area contributed by atoms with Gasteiger partial charge in [-0.15, -0.1) is 0 Å². The predicted octanol–water partition coefficient (Wildman–Crippen LogP) is 3.21. The third-order valence-corrected chi connectivity index (χ3v) is 9.31.